The number of nitro groups is 1. The molecule has 0 atom stereocenters. The summed E-state index contributed by atoms with van der Waals surface area (Å²) in [5.41, 5.74) is 7.06. The number of ether oxygens (including phenoxy) is 2. The van der Waals surface area contributed by atoms with Gasteiger partial charge in [-0.3, -0.25) is 10.1 Å². The molecule has 8 nitrogen and oxygen atoms in total. The molecular formula is C31H25N3O5. The predicted molar refractivity (Wildman–Crippen MR) is 150 cm³/mol. The quantitative estimate of drug-likeness (QED) is 0.131. The van der Waals surface area contributed by atoms with Crippen LogP contribution >= 0.6 is 0 Å². The lowest BCUT2D eigenvalue weighted by molar-refractivity contribution is -0.384. The summed E-state index contributed by atoms with van der Waals surface area (Å²) >= 11 is 0. The summed E-state index contributed by atoms with van der Waals surface area (Å²) in [6, 6.07) is 23.8. The second kappa shape index (κ2) is 9.64. The van der Waals surface area contributed by atoms with E-state index in [1.807, 2.05) is 43.3 Å². The molecule has 8 heteroatoms. The lowest BCUT2D eigenvalue weighted by Gasteiger charge is -2.09. The van der Waals surface area contributed by atoms with Gasteiger partial charge in [0.1, 0.15) is 24.7 Å². The number of hydrogen-bond acceptors (Lipinski definition) is 5. The van der Waals surface area contributed by atoms with E-state index in [1.54, 1.807) is 12.1 Å². The Morgan fingerprint density at radius 1 is 0.821 bits per heavy atom. The minimum absolute atomic E-state index is 0.0361. The molecule has 6 aromatic rings. The molecule has 0 aliphatic heterocycles. The van der Waals surface area contributed by atoms with Gasteiger partial charge in [0.25, 0.3) is 5.69 Å². The van der Waals surface area contributed by atoms with Gasteiger partial charge in [0.15, 0.2) is 0 Å². The van der Waals surface area contributed by atoms with Gasteiger partial charge in [-0.1, -0.05) is 30.3 Å². The number of nitro benzene ring substituents is 1. The number of para-hydroxylation sites is 1. The first kappa shape index (κ1) is 24.2. The van der Waals surface area contributed by atoms with E-state index in [0.717, 1.165) is 55.0 Å². The van der Waals surface area contributed by atoms with Crippen molar-refractivity contribution in [3.63, 3.8) is 0 Å². The summed E-state index contributed by atoms with van der Waals surface area (Å²) in [7, 11) is 0. The van der Waals surface area contributed by atoms with Crippen LogP contribution in [-0.4, -0.2) is 20.9 Å². The van der Waals surface area contributed by atoms with E-state index in [9.17, 15) is 14.9 Å². The maximum absolute atomic E-state index is 13.1. The van der Waals surface area contributed by atoms with Crippen LogP contribution in [0, 0.1) is 24.0 Å². The number of H-pyrrole nitrogens is 2. The highest BCUT2D eigenvalue weighted by Crippen LogP contribution is 2.35. The van der Waals surface area contributed by atoms with Crippen LogP contribution in [0.5, 0.6) is 5.75 Å². The van der Waals surface area contributed by atoms with Gasteiger partial charge < -0.3 is 19.4 Å². The first-order valence-corrected chi connectivity index (χ1v) is 12.5. The van der Waals surface area contributed by atoms with Crippen LogP contribution in [0.2, 0.25) is 0 Å². The fourth-order valence-corrected chi connectivity index (χ4v) is 5.12. The molecule has 0 saturated carbocycles. The van der Waals surface area contributed by atoms with E-state index in [-0.39, 0.29) is 18.9 Å². The molecule has 0 fully saturated rings. The van der Waals surface area contributed by atoms with Crippen LogP contribution in [-0.2, 0) is 18.0 Å². The van der Waals surface area contributed by atoms with Gasteiger partial charge in [-0.05, 0) is 72.5 Å². The first-order chi connectivity index (χ1) is 18.9. The third kappa shape index (κ3) is 4.46. The number of nitrogens with zero attached hydrogens (tertiary/aromatic N) is 1. The zero-order chi connectivity index (χ0) is 27.1. The maximum atomic E-state index is 13.1. The van der Waals surface area contributed by atoms with E-state index < -0.39 is 10.9 Å². The number of esters is 1. The van der Waals surface area contributed by atoms with Crippen LogP contribution in [0.15, 0.2) is 78.9 Å². The van der Waals surface area contributed by atoms with E-state index in [0.29, 0.717) is 11.4 Å². The van der Waals surface area contributed by atoms with Crippen LogP contribution in [0.25, 0.3) is 32.7 Å². The number of carbonyl (C=O) groups is 1. The van der Waals surface area contributed by atoms with Crippen LogP contribution < -0.4 is 4.74 Å². The van der Waals surface area contributed by atoms with Crippen molar-refractivity contribution in [3.8, 4) is 5.75 Å². The summed E-state index contributed by atoms with van der Waals surface area (Å²) in [6.07, 6.45) is 0. The number of fused-ring (bicyclic) bond motifs is 4. The molecule has 0 amide bonds. The second-order valence-electron chi connectivity index (χ2n) is 9.58. The van der Waals surface area contributed by atoms with Crippen molar-refractivity contribution in [2.45, 2.75) is 27.1 Å². The predicted octanol–water partition coefficient (Wildman–Crippen LogP) is 7.26. The lowest BCUT2D eigenvalue weighted by Crippen LogP contribution is -2.07. The Bertz CT molecular complexity index is 1880. The number of hydrogen-bond donors (Lipinski definition) is 2. The van der Waals surface area contributed by atoms with E-state index >= 15 is 0 Å². The fourth-order valence-electron chi connectivity index (χ4n) is 5.12. The Balaban J connectivity index is 1.17. The van der Waals surface area contributed by atoms with Crippen molar-refractivity contribution in [1.82, 2.24) is 9.97 Å². The van der Waals surface area contributed by atoms with Crippen LogP contribution in [0.4, 0.5) is 5.69 Å². The Labute approximate surface area is 223 Å². The number of nitrogens with one attached hydrogen (secondary N) is 2. The van der Waals surface area contributed by atoms with Crippen molar-refractivity contribution in [2.75, 3.05) is 0 Å². The first-order valence-electron chi connectivity index (χ1n) is 12.5. The zero-order valence-corrected chi connectivity index (χ0v) is 21.4. The zero-order valence-electron chi connectivity index (χ0n) is 21.4. The van der Waals surface area contributed by atoms with Crippen LogP contribution in [0.3, 0.4) is 0 Å². The van der Waals surface area contributed by atoms with E-state index in [4.69, 9.17) is 9.47 Å². The molecule has 0 saturated heterocycles. The van der Waals surface area contributed by atoms with Gasteiger partial charge in [0, 0.05) is 39.3 Å². The summed E-state index contributed by atoms with van der Waals surface area (Å²) in [6.45, 7) is 4.35. The molecule has 39 heavy (non-hydrogen) atoms. The number of non-ortho nitro benzene ring substituents is 1. The van der Waals surface area contributed by atoms with Gasteiger partial charge in [-0.25, -0.2) is 4.79 Å². The smallest absolute Gasteiger partial charge is 0.355 e. The average Bonchev–Trinajstić information content (AvgIpc) is 3.49. The molecule has 194 valence electrons. The number of aryl methyl sites for hydroxylation is 2. The second-order valence-corrected chi connectivity index (χ2v) is 9.58. The van der Waals surface area contributed by atoms with Gasteiger partial charge in [-0.2, -0.15) is 0 Å². The molecule has 0 radical (unpaired) electrons. The van der Waals surface area contributed by atoms with Gasteiger partial charge in [0.05, 0.1) is 10.4 Å². The molecular weight excluding hydrogens is 494 g/mol. The van der Waals surface area contributed by atoms with Crippen molar-refractivity contribution >= 4 is 44.4 Å². The summed E-state index contributed by atoms with van der Waals surface area (Å²) in [5, 5.41) is 14.1. The highest BCUT2D eigenvalue weighted by molar-refractivity contribution is 6.15. The average molecular weight is 520 g/mol. The normalized spacial score (nSPS) is 11.3. The van der Waals surface area contributed by atoms with Crippen molar-refractivity contribution < 1.29 is 19.2 Å². The molecule has 0 bridgehead atoms. The van der Waals surface area contributed by atoms with Crippen molar-refractivity contribution in [3.05, 3.63) is 117 Å². The Morgan fingerprint density at radius 3 is 2.41 bits per heavy atom. The number of carbonyl (C=O) groups excluding carboxylic acids is 1. The van der Waals surface area contributed by atoms with Crippen LogP contribution in [0.1, 0.15) is 32.7 Å². The van der Waals surface area contributed by atoms with Gasteiger partial charge in [0.2, 0.25) is 0 Å². The van der Waals surface area contributed by atoms with E-state index in [1.165, 1.54) is 12.1 Å². The molecule has 2 N–H and O–H groups in total. The number of aromatic amines is 2. The number of rotatable bonds is 7. The Hall–Kier alpha value is -5.11. The SMILES string of the molecule is Cc1c(C(=O)OCc2cccc(OCc3ccc([N+](=O)[O-])cc3)c2)[nH]c2cc3c([nH]c4ccccc43)c(C)c12. The summed E-state index contributed by atoms with van der Waals surface area (Å²) < 4.78 is 11.5. The highest BCUT2D eigenvalue weighted by Gasteiger charge is 2.20. The lowest BCUT2D eigenvalue weighted by atomic mass is 10.0. The standard InChI is InChI=1S/C31H25N3O5/c1-18-28-19(2)30(33-27(28)15-25-24-8-3-4-9-26(24)32-29(18)25)31(35)39-17-21-6-5-7-23(14-21)38-16-20-10-12-22(13-11-20)34(36)37/h3-15,32-33H,16-17H2,1-2H3. The summed E-state index contributed by atoms with van der Waals surface area (Å²) in [5.74, 6) is 0.190. The highest BCUT2D eigenvalue weighted by atomic mass is 16.6. The van der Waals surface area contributed by atoms with Gasteiger partial charge >= 0.3 is 5.97 Å². The molecule has 0 aliphatic rings. The summed E-state index contributed by atoms with van der Waals surface area (Å²) in [4.78, 5) is 30.3. The van der Waals surface area contributed by atoms with E-state index in [2.05, 4.69) is 35.1 Å². The monoisotopic (exact) mass is 519 g/mol. The molecule has 4 aromatic carbocycles. The molecule has 6 rings (SSSR count). The van der Waals surface area contributed by atoms with Gasteiger partial charge in [-0.15, -0.1) is 0 Å². The third-order valence-corrected chi connectivity index (χ3v) is 7.09. The number of benzene rings is 4. The molecule has 2 heterocycles. The fraction of sp³-hybridized carbons (Fsp3) is 0.129. The maximum Gasteiger partial charge on any atom is 0.355 e. The topological polar surface area (TPSA) is 110 Å². The molecule has 0 unspecified atom stereocenters. The minimum atomic E-state index is -0.434. The number of aromatic nitrogens is 2. The molecule has 2 aromatic heterocycles. The van der Waals surface area contributed by atoms with Crippen molar-refractivity contribution in [1.29, 1.82) is 0 Å². The Morgan fingerprint density at radius 2 is 1.62 bits per heavy atom. The largest absolute Gasteiger partial charge is 0.489 e. The molecule has 0 aliphatic carbocycles. The molecule has 0 spiro atoms. The third-order valence-electron chi connectivity index (χ3n) is 7.09. The minimum Gasteiger partial charge on any atom is -0.489 e. The Kier molecular flexibility index (Phi) is 5.99. The van der Waals surface area contributed by atoms with Crippen molar-refractivity contribution in [2.24, 2.45) is 0 Å².